The zero-order valence-electron chi connectivity index (χ0n) is 13.0. The molecule has 4 rings (SSSR count). The fraction of sp³-hybridized carbons (Fsp3) is 0.357. The molecule has 0 aliphatic carbocycles. The van der Waals surface area contributed by atoms with Gasteiger partial charge in [0.15, 0.2) is 11.5 Å². The lowest BCUT2D eigenvalue weighted by Gasteiger charge is -2.34. The number of fused-ring (bicyclic) bond motifs is 1. The van der Waals surface area contributed by atoms with Crippen LogP contribution in [0.2, 0.25) is 0 Å². The standard InChI is InChI=1S/C14H16N6O2S2/c1-11-6-14(23-9-11)24(21,22)19-4-2-18(3-5-19)13-8-15-7-12-16-10-17-20(12)13/h6-10H,2-5H2,1H3. The molecule has 0 spiro atoms. The Morgan fingerprint density at radius 2 is 1.96 bits per heavy atom. The molecule has 0 unspecified atom stereocenters. The lowest BCUT2D eigenvalue weighted by atomic mass is 10.3. The molecule has 0 N–H and O–H groups in total. The van der Waals surface area contributed by atoms with Crippen LogP contribution in [0.15, 0.2) is 34.4 Å². The molecule has 0 bridgehead atoms. The highest BCUT2D eigenvalue weighted by atomic mass is 32.2. The second kappa shape index (κ2) is 5.80. The van der Waals surface area contributed by atoms with Crippen molar-refractivity contribution in [2.75, 3.05) is 31.1 Å². The van der Waals surface area contributed by atoms with E-state index < -0.39 is 10.0 Å². The van der Waals surface area contributed by atoms with Crippen molar-refractivity contribution in [3.63, 3.8) is 0 Å². The fourth-order valence-corrected chi connectivity index (χ4v) is 5.59. The molecule has 0 amide bonds. The summed E-state index contributed by atoms with van der Waals surface area (Å²) in [6.45, 7) is 3.95. The Morgan fingerprint density at radius 1 is 1.17 bits per heavy atom. The number of rotatable bonds is 3. The first-order valence-electron chi connectivity index (χ1n) is 7.50. The summed E-state index contributed by atoms with van der Waals surface area (Å²) in [5.74, 6) is 0.828. The van der Waals surface area contributed by atoms with Crippen LogP contribution in [0.4, 0.5) is 5.82 Å². The molecular weight excluding hydrogens is 348 g/mol. The molecule has 126 valence electrons. The summed E-state index contributed by atoms with van der Waals surface area (Å²) in [6, 6.07) is 1.73. The molecule has 3 aromatic rings. The average molecular weight is 364 g/mol. The second-order valence-corrected chi connectivity index (χ2v) is 8.71. The smallest absolute Gasteiger partial charge is 0.252 e. The second-order valence-electron chi connectivity index (χ2n) is 5.63. The summed E-state index contributed by atoms with van der Waals surface area (Å²) in [5, 5.41) is 6.07. The quantitative estimate of drug-likeness (QED) is 0.690. The molecule has 0 radical (unpaired) electrons. The number of thiophene rings is 1. The van der Waals surface area contributed by atoms with Gasteiger partial charge in [-0.15, -0.1) is 11.3 Å². The molecule has 24 heavy (non-hydrogen) atoms. The van der Waals surface area contributed by atoms with Gasteiger partial charge in [0.25, 0.3) is 10.0 Å². The largest absolute Gasteiger partial charge is 0.353 e. The van der Waals surface area contributed by atoms with Crippen molar-refractivity contribution < 1.29 is 8.42 Å². The van der Waals surface area contributed by atoms with Crippen molar-refractivity contribution in [2.24, 2.45) is 0 Å². The van der Waals surface area contributed by atoms with E-state index >= 15 is 0 Å². The van der Waals surface area contributed by atoms with Crippen molar-refractivity contribution in [3.8, 4) is 0 Å². The zero-order valence-corrected chi connectivity index (χ0v) is 14.7. The Hall–Kier alpha value is -2.04. The first kappa shape index (κ1) is 15.5. The number of hydrogen-bond donors (Lipinski definition) is 0. The van der Waals surface area contributed by atoms with Crippen LogP contribution in [0.25, 0.3) is 5.65 Å². The lowest BCUT2D eigenvalue weighted by molar-refractivity contribution is 0.384. The Morgan fingerprint density at radius 3 is 2.67 bits per heavy atom. The van der Waals surface area contributed by atoms with Crippen LogP contribution in [0.3, 0.4) is 0 Å². The van der Waals surface area contributed by atoms with E-state index in [0.717, 1.165) is 11.4 Å². The molecule has 4 heterocycles. The number of aromatic nitrogens is 4. The highest BCUT2D eigenvalue weighted by molar-refractivity contribution is 7.91. The predicted molar refractivity (Wildman–Crippen MR) is 90.8 cm³/mol. The minimum absolute atomic E-state index is 0.411. The maximum atomic E-state index is 12.7. The van der Waals surface area contributed by atoms with E-state index in [9.17, 15) is 8.42 Å². The van der Waals surface area contributed by atoms with Gasteiger partial charge in [0.05, 0.1) is 12.4 Å². The Bertz CT molecular complexity index is 972. The summed E-state index contributed by atoms with van der Waals surface area (Å²) < 4.78 is 29.1. The van der Waals surface area contributed by atoms with Crippen molar-refractivity contribution in [1.29, 1.82) is 0 Å². The van der Waals surface area contributed by atoms with Crippen LogP contribution in [-0.2, 0) is 10.0 Å². The van der Waals surface area contributed by atoms with Gasteiger partial charge in [0.1, 0.15) is 10.5 Å². The van der Waals surface area contributed by atoms with Crippen molar-refractivity contribution in [2.45, 2.75) is 11.1 Å². The van der Waals surface area contributed by atoms with Crippen LogP contribution in [0.1, 0.15) is 5.56 Å². The zero-order chi connectivity index (χ0) is 16.7. The number of anilines is 1. The third kappa shape index (κ3) is 2.56. The van der Waals surface area contributed by atoms with Gasteiger partial charge in [0.2, 0.25) is 0 Å². The van der Waals surface area contributed by atoms with Crippen molar-refractivity contribution in [3.05, 3.63) is 35.7 Å². The Kier molecular flexibility index (Phi) is 3.74. The van der Waals surface area contributed by atoms with E-state index in [2.05, 4.69) is 20.0 Å². The topological polar surface area (TPSA) is 83.7 Å². The molecular formula is C14H16N6O2S2. The summed E-state index contributed by atoms with van der Waals surface area (Å²) in [7, 11) is -3.40. The molecule has 1 fully saturated rings. The normalized spacial score (nSPS) is 16.8. The molecule has 1 aliphatic rings. The van der Waals surface area contributed by atoms with Crippen LogP contribution < -0.4 is 4.90 Å². The summed E-state index contributed by atoms with van der Waals surface area (Å²) in [4.78, 5) is 10.4. The minimum atomic E-state index is -3.40. The van der Waals surface area contributed by atoms with Gasteiger partial charge in [-0.3, -0.25) is 4.98 Å². The van der Waals surface area contributed by atoms with Crippen molar-refractivity contribution >= 4 is 32.8 Å². The lowest BCUT2D eigenvalue weighted by Crippen LogP contribution is -2.49. The fourth-order valence-electron chi connectivity index (χ4n) is 2.78. The van der Waals surface area contributed by atoms with E-state index in [1.54, 1.807) is 27.3 Å². The van der Waals surface area contributed by atoms with E-state index in [-0.39, 0.29) is 0 Å². The van der Waals surface area contributed by atoms with Gasteiger partial charge < -0.3 is 4.90 Å². The number of nitrogens with zero attached hydrogens (tertiary/aromatic N) is 6. The summed E-state index contributed by atoms with van der Waals surface area (Å²) in [6.07, 6.45) is 4.87. The van der Waals surface area contributed by atoms with E-state index in [1.807, 2.05) is 12.3 Å². The third-order valence-electron chi connectivity index (χ3n) is 4.03. The first-order chi connectivity index (χ1) is 11.6. The van der Waals surface area contributed by atoms with Crippen LogP contribution in [-0.4, -0.2) is 58.5 Å². The SMILES string of the molecule is Cc1csc(S(=O)(=O)N2CCN(c3cncc4ncnn34)CC2)c1. The highest BCUT2D eigenvalue weighted by Gasteiger charge is 2.30. The number of sulfonamides is 1. The van der Waals surface area contributed by atoms with Crippen LogP contribution in [0, 0.1) is 6.92 Å². The van der Waals surface area contributed by atoms with E-state index in [1.165, 1.54) is 17.7 Å². The molecule has 0 saturated carbocycles. The predicted octanol–water partition coefficient (Wildman–Crippen LogP) is 1.01. The Balaban J connectivity index is 1.54. The molecule has 1 saturated heterocycles. The highest BCUT2D eigenvalue weighted by Crippen LogP contribution is 2.25. The Labute approximate surface area is 143 Å². The van der Waals surface area contributed by atoms with Gasteiger partial charge in [-0.05, 0) is 23.9 Å². The number of aryl methyl sites for hydroxylation is 1. The summed E-state index contributed by atoms with van der Waals surface area (Å²) >= 11 is 1.27. The molecule has 3 aromatic heterocycles. The molecule has 0 atom stereocenters. The molecule has 1 aliphatic heterocycles. The van der Waals surface area contributed by atoms with Gasteiger partial charge in [-0.25, -0.2) is 13.4 Å². The molecule has 8 nitrogen and oxygen atoms in total. The van der Waals surface area contributed by atoms with Gasteiger partial charge in [-0.2, -0.15) is 13.9 Å². The maximum absolute atomic E-state index is 12.7. The van der Waals surface area contributed by atoms with Gasteiger partial charge in [-0.1, -0.05) is 0 Å². The van der Waals surface area contributed by atoms with Crippen molar-refractivity contribution in [1.82, 2.24) is 23.9 Å². The van der Waals surface area contributed by atoms with E-state index in [0.29, 0.717) is 36.0 Å². The molecule has 0 aromatic carbocycles. The van der Waals surface area contributed by atoms with Gasteiger partial charge in [0, 0.05) is 26.2 Å². The average Bonchev–Trinajstić information content (AvgIpc) is 3.23. The van der Waals surface area contributed by atoms with Crippen LogP contribution in [0.5, 0.6) is 0 Å². The minimum Gasteiger partial charge on any atom is -0.353 e. The number of hydrogen-bond acceptors (Lipinski definition) is 7. The molecule has 10 heteroatoms. The first-order valence-corrected chi connectivity index (χ1v) is 9.82. The third-order valence-corrected chi connectivity index (χ3v) is 7.47. The van der Waals surface area contributed by atoms with Crippen LogP contribution >= 0.6 is 11.3 Å². The monoisotopic (exact) mass is 364 g/mol. The van der Waals surface area contributed by atoms with E-state index in [4.69, 9.17) is 0 Å². The van der Waals surface area contributed by atoms with Gasteiger partial charge >= 0.3 is 0 Å². The number of piperazine rings is 1. The summed E-state index contributed by atoms with van der Waals surface area (Å²) in [5.41, 5.74) is 1.65. The maximum Gasteiger partial charge on any atom is 0.252 e.